The number of nitrogens with zero attached hydrogens (tertiary/aromatic N) is 1. The SMILES string of the molecule is CONCC1CN(C)CCO1. The summed E-state index contributed by atoms with van der Waals surface area (Å²) >= 11 is 0. The third-order valence-corrected chi connectivity index (χ3v) is 1.80. The van der Waals surface area contributed by atoms with Crippen LogP contribution in [0.3, 0.4) is 0 Å². The molecule has 0 aromatic rings. The lowest BCUT2D eigenvalue weighted by Crippen LogP contribution is -2.44. The number of nitrogens with one attached hydrogen (secondary N) is 1. The number of ether oxygens (including phenoxy) is 1. The van der Waals surface area contributed by atoms with Gasteiger partial charge in [0.05, 0.1) is 19.8 Å². The molecule has 0 aliphatic carbocycles. The second-order valence-electron chi connectivity index (χ2n) is 2.81. The average molecular weight is 160 g/mol. The molecule has 0 radical (unpaired) electrons. The number of hydrogen-bond donors (Lipinski definition) is 1. The van der Waals surface area contributed by atoms with Crippen molar-refractivity contribution >= 4 is 0 Å². The molecule has 1 N–H and O–H groups in total. The highest BCUT2D eigenvalue weighted by molar-refractivity contribution is 4.68. The van der Waals surface area contributed by atoms with Crippen LogP contribution in [0.15, 0.2) is 0 Å². The zero-order chi connectivity index (χ0) is 8.10. The predicted octanol–water partition coefficient (Wildman–Crippen LogP) is -0.532. The van der Waals surface area contributed by atoms with Gasteiger partial charge in [0, 0.05) is 19.6 Å². The van der Waals surface area contributed by atoms with E-state index in [4.69, 9.17) is 9.57 Å². The van der Waals surface area contributed by atoms with E-state index >= 15 is 0 Å². The summed E-state index contributed by atoms with van der Waals surface area (Å²) in [5.41, 5.74) is 2.79. The Kier molecular flexibility index (Phi) is 3.79. The highest BCUT2D eigenvalue weighted by Crippen LogP contribution is 2.00. The van der Waals surface area contributed by atoms with Crippen LogP contribution in [0, 0.1) is 0 Å². The van der Waals surface area contributed by atoms with Gasteiger partial charge in [0.25, 0.3) is 0 Å². The molecule has 4 nitrogen and oxygen atoms in total. The molecule has 66 valence electrons. The molecule has 0 aromatic heterocycles. The van der Waals surface area contributed by atoms with Gasteiger partial charge in [-0.25, -0.2) is 5.48 Å². The van der Waals surface area contributed by atoms with Crippen LogP contribution in [0.2, 0.25) is 0 Å². The molecule has 1 unspecified atom stereocenters. The number of likely N-dealkylation sites (N-methyl/N-ethyl adjacent to an activating group) is 1. The van der Waals surface area contributed by atoms with Crippen molar-refractivity contribution in [3.63, 3.8) is 0 Å². The van der Waals surface area contributed by atoms with Gasteiger partial charge in [-0.15, -0.1) is 0 Å². The van der Waals surface area contributed by atoms with Crippen LogP contribution in [0.4, 0.5) is 0 Å². The molecule has 11 heavy (non-hydrogen) atoms. The van der Waals surface area contributed by atoms with E-state index in [9.17, 15) is 0 Å². The van der Waals surface area contributed by atoms with E-state index in [0.29, 0.717) is 0 Å². The average Bonchev–Trinajstić information content (AvgIpc) is 2.01. The summed E-state index contributed by atoms with van der Waals surface area (Å²) in [5, 5.41) is 0. The molecular weight excluding hydrogens is 144 g/mol. The number of hydrogen-bond acceptors (Lipinski definition) is 4. The van der Waals surface area contributed by atoms with Gasteiger partial charge in [-0.3, -0.25) is 0 Å². The highest BCUT2D eigenvalue weighted by atomic mass is 16.6. The molecule has 0 amide bonds. The van der Waals surface area contributed by atoms with Crippen molar-refractivity contribution < 1.29 is 9.57 Å². The summed E-state index contributed by atoms with van der Waals surface area (Å²) in [7, 11) is 3.72. The van der Waals surface area contributed by atoms with E-state index in [2.05, 4.69) is 17.4 Å². The van der Waals surface area contributed by atoms with Gasteiger partial charge in [0.1, 0.15) is 0 Å². The molecule has 0 bridgehead atoms. The maximum absolute atomic E-state index is 5.47. The fraction of sp³-hybridized carbons (Fsp3) is 1.00. The Hall–Kier alpha value is -0.160. The van der Waals surface area contributed by atoms with Crippen molar-refractivity contribution in [2.75, 3.05) is 40.4 Å². The Morgan fingerprint density at radius 3 is 3.18 bits per heavy atom. The summed E-state index contributed by atoms with van der Waals surface area (Å²) < 4.78 is 5.47. The number of hydroxylamine groups is 1. The Bertz CT molecular complexity index is 111. The lowest BCUT2D eigenvalue weighted by Gasteiger charge is -2.29. The molecule has 1 aliphatic heterocycles. The fourth-order valence-electron chi connectivity index (χ4n) is 1.17. The molecule has 0 saturated carbocycles. The predicted molar refractivity (Wildman–Crippen MR) is 42.2 cm³/mol. The monoisotopic (exact) mass is 160 g/mol. The topological polar surface area (TPSA) is 33.7 Å². The van der Waals surface area contributed by atoms with Crippen LogP contribution in [0.1, 0.15) is 0 Å². The van der Waals surface area contributed by atoms with Gasteiger partial charge >= 0.3 is 0 Å². The second-order valence-corrected chi connectivity index (χ2v) is 2.81. The third-order valence-electron chi connectivity index (χ3n) is 1.80. The van der Waals surface area contributed by atoms with E-state index in [1.54, 1.807) is 7.11 Å². The Labute approximate surface area is 67.4 Å². The molecule has 1 atom stereocenters. The maximum Gasteiger partial charge on any atom is 0.0849 e. The maximum atomic E-state index is 5.47. The minimum Gasteiger partial charge on any atom is -0.374 e. The van der Waals surface area contributed by atoms with Gasteiger partial charge in [0.2, 0.25) is 0 Å². The lowest BCUT2D eigenvalue weighted by molar-refractivity contribution is -0.0415. The van der Waals surface area contributed by atoms with Gasteiger partial charge in [0.15, 0.2) is 0 Å². The smallest absolute Gasteiger partial charge is 0.0849 e. The van der Waals surface area contributed by atoms with Crippen molar-refractivity contribution in [1.82, 2.24) is 10.4 Å². The first-order valence-corrected chi connectivity index (χ1v) is 3.89. The van der Waals surface area contributed by atoms with Crippen molar-refractivity contribution in [3.8, 4) is 0 Å². The molecule has 1 aliphatic rings. The van der Waals surface area contributed by atoms with Crippen molar-refractivity contribution in [1.29, 1.82) is 0 Å². The molecule has 1 saturated heterocycles. The summed E-state index contributed by atoms with van der Waals surface area (Å²) in [6.07, 6.45) is 0.272. The van der Waals surface area contributed by atoms with E-state index in [1.165, 1.54) is 0 Å². The third kappa shape index (κ3) is 3.16. The zero-order valence-corrected chi connectivity index (χ0v) is 7.17. The first kappa shape index (κ1) is 8.93. The lowest BCUT2D eigenvalue weighted by atomic mass is 10.3. The van der Waals surface area contributed by atoms with E-state index in [1.807, 2.05) is 0 Å². The fourth-order valence-corrected chi connectivity index (χ4v) is 1.17. The van der Waals surface area contributed by atoms with Crippen molar-refractivity contribution in [3.05, 3.63) is 0 Å². The Balaban J connectivity index is 2.12. The minimum atomic E-state index is 0.272. The zero-order valence-electron chi connectivity index (χ0n) is 7.17. The van der Waals surface area contributed by atoms with E-state index in [-0.39, 0.29) is 6.10 Å². The summed E-state index contributed by atoms with van der Waals surface area (Å²) in [6.45, 7) is 3.60. The van der Waals surface area contributed by atoms with Crippen LogP contribution in [-0.4, -0.2) is 51.4 Å². The largest absolute Gasteiger partial charge is 0.374 e. The van der Waals surface area contributed by atoms with Crippen LogP contribution in [0.25, 0.3) is 0 Å². The summed E-state index contributed by atoms with van der Waals surface area (Å²) in [5.74, 6) is 0. The second kappa shape index (κ2) is 4.66. The summed E-state index contributed by atoms with van der Waals surface area (Å²) in [4.78, 5) is 6.99. The Morgan fingerprint density at radius 1 is 1.73 bits per heavy atom. The quantitative estimate of drug-likeness (QED) is 0.563. The normalized spacial score (nSPS) is 27.3. The van der Waals surface area contributed by atoms with Gasteiger partial charge in [-0.1, -0.05) is 0 Å². The molecule has 1 rings (SSSR count). The molecule has 4 heteroatoms. The molecule has 1 fully saturated rings. The van der Waals surface area contributed by atoms with Crippen LogP contribution < -0.4 is 5.48 Å². The van der Waals surface area contributed by atoms with Gasteiger partial charge in [-0.2, -0.15) is 0 Å². The van der Waals surface area contributed by atoms with Crippen LogP contribution in [-0.2, 0) is 9.57 Å². The highest BCUT2D eigenvalue weighted by Gasteiger charge is 2.16. The Morgan fingerprint density at radius 2 is 2.55 bits per heavy atom. The molecular formula is C7H16N2O2. The molecule has 1 heterocycles. The first-order valence-electron chi connectivity index (χ1n) is 3.89. The van der Waals surface area contributed by atoms with Gasteiger partial charge in [-0.05, 0) is 7.05 Å². The summed E-state index contributed by atoms with van der Waals surface area (Å²) in [6, 6.07) is 0. The van der Waals surface area contributed by atoms with Crippen LogP contribution in [0.5, 0.6) is 0 Å². The number of morpholine rings is 1. The van der Waals surface area contributed by atoms with E-state index < -0.39 is 0 Å². The first-order chi connectivity index (χ1) is 5.33. The van der Waals surface area contributed by atoms with Gasteiger partial charge < -0.3 is 14.5 Å². The molecule has 0 spiro atoms. The van der Waals surface area contributed by atoms with Crippen LogP contribution >= 0.6 is 0 Å². The van der Waals surface area contributed by atoms with E-state index in [0.717, 1.165) is 26.2 Å². The molecule has 0 aromatic carbocycles. The van der Waals surface area contributed by atoms with Crippen molar-refractivity contribution in [2.45, 2.75) is 6.10 Å². The minimum absolute atomic E-state index is 0.272. The van der Waals surface area contributed by atoms with Crippen molar-refractivity contribution in [2.24, 2.45) is 0 Å². The standard InChI is InChI=1S/C7H16N2O2/c1-9-3-4-11-7(6-9)5-8-10-2/h7-8H,3-6H2,1-2H3. The number of rotatable bonds is 3.